The van der Waals surface area contributed by atoms with Gasteiger partial charge in [0.25, 0.3) is 0 Å². The summed E-state index contributed by atoms with van der Waals surface area (Å²) in [6.07, 6.45) is 13.0. The molecule has 54 heavy (non-hydrogen) atoms. The maximum absolute atomic E-state index is 7.20. The monoisotopic (exact) mass is 786 g/mol. The smallest absolute Gasteiger partial charge is 0.397 e. The number of nitrogens with zero attached hydrogens (tertiary/aromatic N) is 1. The average Bonchev–Trinajstić information content (AvgIpc) is 3.37. The minimum absolute atomic E-state index is 0.0898. The van der Waals surface area contributed by atoms with Crippen molar-refractivity contribution in [3.05, 3.63) is 57.6 Å². The molecule has 6 nitrogen and oxygen atoms in total. The minimum atomic E-state index is -1.60. The number of hydrogen-bond acceptors (Lipinski definition) is 6. The first-order chi connectivity index (χ1) is 25.1. The van der Waals surface area contributed by atoms with Gasteiger partial charge in [-0.2, -0.15) is 0 Å². The van der Waals surface area contributed by atoms with Gasteiger partial charge in [0.05, 0.1) is 19.8 Å². The summed E-state index contributed by atoms with van der Waals surface area (Å²) in [5.74, 6) is 1.88. The van der Waals surface area contributed by atoms with Crippen molar-refractivity contribution >= 4 is 17.1 Å². The van der Waals surface area contributed by atoms with Crippen molar-refractivity contribution in [1.82, 2.24) is 4.67 Å². The van der Waals surface area contributed by atoms with E-state index in [-0.39, 0.29) is 21.7 Å². The van der Waals surface area contributed by atoms with Gasteiger partial charge in [0.1, 0.15) is 17.0 Å². The third-order valence-corrected chi connectivity index (χ3v) is 13.5. The summed E-state index contributed by atoms with van der Waals surface area (Å²) in [6.45, 7) is 36.2. The van der Waals surface area contributed by atoms with Crippen LogP contribution in [0.1, 0.15) is 188 Å². The number of rotatable bonds is 15. The van der Waals surface area contributed by atoms with Crippen LogP contribution >= 0.6 is 17.1 Å². The Bertz CT molecular complexity index is 1430. The second kappa shape index (κ2) is 18.6. The highest BCUT2D eigenvalue weighted by atomic mass is 31.2. The van der Waals surface area contributed by atoms with E-state index in [2.05, 4.69) is 133 Å². The van der Waals surface area contributed by atoms with Gasteiger partial charge in [-0.25, -0.2) is 4.67 Å². The van der Waals surface area contributed by atoms with Crippen molar-refractivity contribution in [3.8, 4) is 11.5 Å². The molecule has 1 atom stereocenters. The van der Waals surface area contributed by atoms with E-state index >= 15 is 0 Å². The summed E-state index contributed by atoms with van der Waals surface area (Å²) in [4.78, 5) is 0. The molecule has 0 saturated carbocycles. The molecule has 8 heteroatoms. The first-order valence-corrected chi connectivity index (χ1v) is 23.2. The maximum atomic E-state index is 7.20. The molecule has 2 aliphatic heterocycles. The highest BCUT2D eigenvalue weighted by Gasteiger charge is 2.54. The van der Waals surface area contributed by atoms with Gasteiger partial charge in [-0.05, 0) is 41.9 Å². The molecule has 0 bridgehead atoms. The number of benzene rings is 2. The Labute approximate surface area is 334 Å². The molecule has 2 aliphatic rings. The molecule has 0 N–H and O–H groups in total. The van der Waals surface area contributed by atoms with E-state index in [9.17, 15) is 0 Å². The second-order valence-electron chi connectivity index (χ2n) is 20.4. The fourth-order valence-electron chi connectivity index (χ4n) is 7.47. The number of hydrogen-bond donors (Lipinski definition) is 0. The van der Waals surface area contributed by atoms with E-state index < -0.39 is 22.7 Å². The predicted octanol–water partition coefficient (Wildman–Crippen LogP) is 14.4. The fourth-order valence-corrected chi connectivity index (χ4v) is 10.5. The van der Waals surface area contributed by atoms with Gasteiger partial charge in [-0.15, -0.1) is 0 Å². The lowest BCUT2D eigenvalue weighted by atomic mass is 9.78. The molecule has 2 fully saturated rings. The zero-order chi connectivity index (χ0) is 40.1. The van der Waals surface area contributed by atoms with Crippen LogP contribution in [-0.2, 0) is 35.2 Å². The van der Waals surface area contributed by atoms with Gasteiger partial charge in [0.15, 0.2) is 0 Å². The van der Waals surface area contributed by atoms with Gasteiger partial charge >= 0.3 is 17.1 Å². The van der Waals surface area contributed by atoms with Crippen LogP contribution in [0.3, 0.4) is 0 Å². The molecule has 4 rings (SSSR count). The topological polar surface area (TPSA) is 49.4 Å². The van der Waals surface area contributed by atoms with Crippen molar-refractivity contribution in [2.24, 2.45) is 0 Å². The van der Waals surface area contributed by atoms with Crippen molar-refractivity contribution in [2.75, 3.05) is 26.4 Å². The Morgan fingerprint density at radius 2 is 0.889 bits per heavy atom. The van der Waals surface area contributed by atoms with E-state index in [0.717, 1.165) is 24.5 Å². The molecule has 2 aromatic carbocycles. The molecule has 2 heterocycles. The summed E-state index contributed by atoms with van der Waals surface area (Å²) >= 11 is 0. The van der Waals surface area contributed by atoms with Crippen molar-refractivity contribution in [3.63, 3.8) is 0 Å². The summed E-state index contributed by atoms with van der Waals surface area (Å²) in [5, 5.41) is 0. The van der Waals surface area contributed by atoms with Gasteiger partial charge in [-0.3, -0.25) is 0 Å². The van der Waals surface area contributed by atoms with Crippen LogP contribution in [0.4, 0.5) is 0 Å². The van der Waals surface area contributed by atoms with E-state index in [1.807, 2.05) is 0 Å². The fraction of sp³-hybridized carbons (Fsp3) is 0.739. The zero-order valence-corrected chi connectivity index (χ0v) is 38.9. The van der Waals surface area contributed by atoms with E-state index in [1.165, 1.54) is 91.2 Å². The Morgan fingerprint density at radius 3 is 1.28 bits per heavy atom. The summed E-state index contributed by atoms with van der Waals surface area (Å²) in [7, 11) is -2.99. The average molecular weight is 786 g/mol. The van der Waals surface area contributed by atoms with E-state index in [4.69, 9.17) is 22.6 Å². The van der Waals surface area contributed by atoms with E-state index in [0.29, 0.717) is 19.8 Å². The lowest BCUT2D eigenvalue weighted by Crippen LogP contribution is -2.54. The van der Waals surface area contributed by atoms with Crippen LogP contribution < -0.4 is 9.05 Å². The van der Waals surface area contributed by atoms with Crippen LogP contribution in [0.2, 0.25) is 0 Å². The number of aryl methyl sites for hydroxylation is 2. The van der Waals surface area contributed by atoms with Crippen molar-refractivity contribution < 1.29 is 22.6 Å². The third kappa shape index (κ3) is 11.9. The lowest BCUT2D eigenvalue weighted by molar-refractivity contribution is 0.00634. The Hall–Kier alpha value is -1.26. The Balaban J connectivity index is 1.57. The zero-order valence-electron chi connectivity index (χ0n) is 37.1. The van der Waals surface area contributed by atoms with Crippen LogP contribution in [0.5, 0.6) is 11.5 Å². The standard InChI is InChI=1S/C46H77NO5P2/c1-16-17-18-19-20-21-22-23-24-25-26-47-46(31-48-53(47)51-40-36(42(4,5)6)27-34(2)28-37(40)43(7,8)9)32-49-54(50-33-46)52-41-38(44(10,11)12)29-35(3)30-39(41)45(13,14)15/h27-30H,16-26,31-33H2,1-15H3. The molecule has 1 unspecified atom stereocenters. The van der Waals surface area contributed by atoms with Crippen LogP contribution in [0.15, 0.2) is 24.3 Å². The first-order valence-electron chi connectivity index (χ1n) is 21.0. The molecule has 0 amide bonds. The molecule has 0 aliphatic carbocycles. The van der Waals surface area contributed by atoms with Gasteiger partial charge in [0.2, 0.25) is 0 Å². The maximum Gasteiger partial charge on any atom is 0.397 e. The van der Waals surface area contributed by atoms with Gasteiger partial charge in [0, 0.05) is 28.8 Å². The van der Waals surface area contributed by atoms with Crippen molar-refractivity contribution in [2.45, 2.75) is 195 Å². The lowest BCUT2D eigenvalue weighted by Gasteiger charge is -2.41. The van der Waals surface area contributed by atoms with Crippen molar-refractivity contribution in [1.29, 1.82) is 0 Å². The third-order valence-electron chi connectivity index (χ3n) is 10.8. The molecular formula is C46H77NO5P2. The quantitative estimate of drug-likeness (QED) is 0.132. The summed E-state index contributed by atoms with van der Waals surface area (Å²) in [6, 6.07) is 9.13. The molecule has 0 aromatic heterocycles. The summed E-state index contributed by atoms with van der Waals surface area (Å²) in [5.41, 5.74) is 6.53. The van der Waals surface area contributed by atoms with E-state index in [1.54, 1.807) is 0 Å². The highest BCUT2D eigenvalue weighted by molar-refractivity contribution is 7.45. The molecule has 1 spiro atoms. The first kappa shape index (κ1) is 45.4. The van der Waals surface area contributed by atoms with Gasteiger partial charge < -0.3 is 22.6 Å². The Kier molecular flexibility index (Phi) is 15.6. The minimum Gasteiger partial charge on any atom is -0.435 e. The normalized spacial score (nSPS) is 21.6. The Morgan fingerprint density at radius 1 is 0.537 bits per heavy atom. The molecule has 2 saturated heterocycles. The summed E-state index contributed by atoms with van der Waals surface area (Å²) < 4.78 is 36.5. The van der Waals surface area contributed by atoms with Crippen LogP contribution in [-0.4, -0.2) is 36.6 Å². The highest BCUT2D eigenvalue weighted by Crippen LogP contribution is 2.60. The number of unbranched alkanes of at least 4 members (excludes halogenated alkanes) is 9. The van der Waals surface area contributed by atoms with Gasteiger partial charge in [-0.1, -0.05) is 183 Å². The molecule has 306 valence electrons. The molecule has 0 radical (unpaired) electrons. The SMILES string of the molecule is CCCCCCCCCCCCN1P(Oc2c(C(C)(C)C)cc(C)cc2C(C)(C)C)OCC12COP(Oc1c(C(C)(C)C)cc(C)cc1C(C)(C)C)OC2. The largest absolute Gasteiger partial charge is 0.435 e. The van der Waals surface area contributed by atoms with Crippen LogP contribution in [0.25, 0.3) is 0 Å². The molecule has 2 aromatic rings. The predicted molar refractivity (Wildman–Crippen MR) is 231 cm³/mol. The second-order valence-corrected chi connectivity index (χ2v) is 22.9. The van der Waals surface area contributed by atoms with Crippen LogP contribution in [0, 0.1) is 13.8 Å². The molecular weight excluding hydrogens is 708 g/mol.